The van der Waals surface area contributed by atoms with Crippen molar-refractivity contribution in [1.29, 1.82) is 0 Å². The number of carbonyl (C=O) groups is 2. The van der Waals surface area contributed by atoms with Crippen LogP contribution in [-0.4, -0.2) is 32.5 Å². The highest BCUT2D eigenvalue weighted by molar-refractivity contribution is 6.06. The number of nitrogens with one attached hydrogen (secondary N) is 1. The van der Waals surface area contributed by atoms with E-state index in [1.807, 2.05) is 6.92 Å². The Kier molecular flexibility index (Phi) is 5.84. The zero-order valence-corrected chi connectivity index (χ0v) is 18.6. The van der Waals surface area contributed by atoms with Crippen LogP contribution in [0, 0.1) is 11.7 Å². The van der Waals surface area contributed by atoms with Crippen molar-refractivity contribution in [2.45, 2.75) is 26.2 Å². The van der Waals surface area contributed by atoms with Crippen molar-refractivity contribution >= 4 is 34.2 Å². The van der Waals surface area contributed by atoms with Gasteiger partial charge in [-0.1, -0.05) is 13.3 Å². The first-order valence-electron chi connectivity index (χ1n) is 10.7. The van der Waals surface area contributed by atoms with Crippen molar-refractivity contribution in [2.24, 2.45) is 20.0 Å². The smallest absolute Gasteiger partial charge is 0.325 e. The van der Waals surface area contributed by atoms with Gasteiger partial charge in [0.25, 0.3) is 5.56 Å². The molecule has 172 valence electrons. The minimum Gasteiger partial charge on any atom is -0.325 e. The van der Waals surface area contributed by atoms with Crippen LogP contribution in [0.1, 0.15) is 25.3 Å². The number of aromatic nitrogens is 3. The quantitative estimate of drug-likeness (QED) is 0.633. The van der Waals surface area contributed by atoms with E-state index < -0.39 is 28.9 Å². The summed E-state index contributed by atoms with van der Waals surface area (Å²) in [6, 6.07) is 5.51. The monoisotopic (exact) mass is 453 g/mol. The molecule has 1 atom stereocenters. The third-order valence-electron chi connectivity index (χ3n) is 5.95. The van der Waals surface area contributed by atoms with E-state index in [1.54, 1.807) is 6.20 Å². The number of carbonyl (C=O) groups excluding carboxylic acids is 2. The Balaban J connectivity index is 1.71. The third kappa shape index (κ3) is 3.92. The molecule has 1 fully saturated rings. The third-order valence-corrected chi connectivity index (χ3v) is 5.95. The summed E-state index contributed by atoms with van der Waals surface area (Å²) in [4.78, 5) is 56.8. The summed E-state index contributed by atoms with van der Waals surface area (Å²) in [5.74, 6) is -1.72. The Morgan fingerprint density at radius 2 is 1.85 bits per heavy atom. The van der Waals surface area contributed by atoms with Crippen LogP contribution in [0.25, 0.3) is 11.0 Å². The highest BCUT2D eigenvalue weighted by atomic mass is 19.1. The van der Waals surface area contributed by atoms with E-state index in [9.17, 15) is 23.6 Å². The van der Waals surface area contributed by atoms with Crippen molar-refractivity contribution in [1.82, 2.24) is 14.1 Å². The fourth-order valence-electron chi connectivity index (χ4n) is 4.15. The molecule has 4 rings (SSSR count). The van der Waals surface area contributed by atoms with E-state index in [0.717, 1.165) is 11.0 Å². The van der Waals surface area contributed by atoms with Crippen LogP contribution >= 0.6 is 0 Å². The molecule has 2 aromatic heterocycles. The summed E-state index contributed by atoms with van der Waals surface area (Å²) in [5, 5.41) is 3.00. The van der Waals surface area contributed by atoms with Gasteiger partial charge in [0.1, 0.15) is 11.2 Å². The van der Waals surface area contributed by atoms with Crippen LogP contribution in [-0.2, 0) is 30.1 Å². The summed E-state index contributed by atoms with van der Waals surface area (Å²) < 4.78 is 15.5. The van der Waals surface area contributed by atoms with Gasteiger partial charge in [0.2, 0.25) is 11.8 Å². The zero-order chi connectivity index (χ0) is 23.9. The summed E-state index contributed by atoms with van der Waals surface area (Å²) >= 11 is 0. The van der Waals surface area contributed by atoms with E-state index in [2.05, 4.69) is 10.3 Å². The number of aryl methyl sites for hydroxylation is 2. The molecule has 0 aliphatic carbocycles. The molecule has 3 heterocycles. The van der Waals surface area contributed by atoms with Crippen molar-refractivity contribution < 1.29 is 14.0 Å². The number of pyridine rings is 1. The summed E-state index contributed by atoms with van der Waals surface area (Å²) in [5.41, 5.74) is 0.612. The molecular weight excluding hydrogens is 429 g/mol. The predicted molar refractivity (Wildman–Crippen MR) is 122 cm³/mol. The summed E-state index contributed by atoms with van der Waals surface area (Å²) in [7, 11) is 2.89. The van der Waals surface area contributed by atoms with Crippen molar-refractivity contribution in [3.63, 3.8) is 0 Å². The lowest BCUT2D eigenvalue weighted by Crippen LogP contribution is -2.38. The van der Waals surface area contributed by atoms with Crippen LogP contribution in [0.2, 0.25) is 0 Å². The van der Waals surface area contributed by atoms with Gasteiger partial charge in [0.05, 0.1) is 11.6 Å². The second kappa shape index (κ2) is 8.61. The Morgan fingerprint density at radius 1 is 1.15 bits per heavy atom. The standard InChI is InChI=1S/C23H24FN5O4/c1-4-5-13-11-25-20-18(22(32)28(3)23(33)27(20)2)19(13)26-21(31)14-10-17(30)29(12-14)16-8-6-15(24)7-9-16/h6-9,11,14H,4-5,10,12H2,1-3H3,(H,25,26,31). The number of anilines is 2. The van der Waals surface area contributed by atoms with Gasteiger partial charge in [0, 0.05) is 38.9 Å². The minimum absolute atomic E-state index is 0.00810. The van der Waals surface area contributed by atoms with Gasteiger partial charge < -0.3 is 10.2 Å². The molecule has 33 heavy (non-hydrogen) atoms. The molecule has 1 aromatic carbocycles. The first kappa shape index (κ1) is 22.4. The van der Waals surface area contributed by atoms with Crippen molar-refractivity contribution in [3.8, 4) is 0 Å². The van der Waals surface area contributed by atoms with Gasteiger partial charge >= 0.3 is 5.69 Å². The summed E-state index contributed by atoms with van der Waals surface area (Å²) in [6.45, 7) is 2.10. The van der Waals surface area contributed by atoms with Gasteiger partial charge in [-0.3, -0.25) is 23.5 Å². The molecule has 9 nitrogen and oxygen atoms in total. The van der Waals surface area contributed by atoms with Gasteiger partial charge in [-0.15, -0.1) is 0 Å². The maximum atomic E-state index is 13.2. The van der Waals surface area contributed by atoms with Crippen LogP contribution in [0.4, 0.5) is 15.8 Å². The normalized spacial score (nSPS) is 15.9. The number of rotatable bonds is 5. The molecule has 1 N–H and O–H groups in total. The lowest BCUT2D eigenvalue weighted by Gasteiger charge is -2.18. The fourth-order valence-corrected chi connectivity index (χ4v) is 4.15. The minimum atomic E-state index is -0.656. The highest BCUT2D eigenvalue weighted by Crippen LogP contribution is 2.29. The highest BCUT2D eigenvalue weighted by Gasteiger charge is 2.35. The van der Waals surface area contributed by atoms with Gasteiger partial charge in [0.15, 0.2) is 5.65 Å². The molecular formula is C23H24FN5O4. The zero-order valence-electron chi connectivity index (χ0n) is 18.6. The van der Waals surface area contributed by atoms with E-state index in [-0.39, 0.29) is 29.9 Å². The molecule has 3 aromatic rings. The molecule has 0 saturated carbocycles. The average molecular weight is 453 g/mol. The lowest BCUT2D eigenvalue weighted by molar-refractivity contribution is -0.122. The maximum absolute atomic E-state index is 13.2. The van der Waals surface area contributed by atoms with Gasteiger partial charge in [-0.2, -0.15) is 0 Å². The molecule has 2 amide bonds. The Morgan fingerprint density at radius 3 is 2.52 bits per heavy atom. The molecule has 1 unspecified atom stereocenters. The van der Waals surface area contributed by atoms with Crippen LogP contribution < -0.4 is 21.5 Å². The molecule has 1 aliphatic rings. The fraction of sp³-hybridized carbons (Fsp3) is 0.348. The Labute approximate surface area is 188 Å². The number of fused-ring (bicyclic) bond motifs is 1. The molecule has 0 bridgehead atoms. The average Bonchev–Trinajstić information content (AvgIpc) is 3.19. The largest absolute Gasteiger partial charge is 0.332 e. The second-order valence-corrected chi connectivity index (χ2v) is 8.18. The van der Waals surface area contributed by atoms with Gasteiger partial charge in [-0.05, 0) is 36.2 Å². The molecule has 10 heteroatoms. The molecule has 0 spiro atoms. The molecule has 1 aliphatic heterocycles. The first-order valence-corrected chi connectivity index (χ1v) is 10.7. The molecule has 0 radical (unpaired) electrons. The van der Waals surface area contributed by atoms with Crippen molar-refractivity contribution in [2.75, 3.05) is 16.8 Å². The molecule has 1 saturated heterocycles. The number of nitrogens with zero attached hydrogens (tertiary/aromatic N) is 4. The maximum Gasteiger partial charge on any atom is 0.332 e. The van der Waals surface area contributed by atoms with Crippen molar-refractivity contribution in [3.05, 3.63) is 62.7 Å². The van der Waals surface area contributed by atoms with Gasteiger partial charge in [-0.25, -0.2) is 14.2 Å². The summed E-state index contributed by atoms with van der Waals surface area (Å²) in [6.07, 6.45) is 2.87. The van der Waals surface area contributed by atoms with E-state index in [4.69, 9.17) is 0 Å². The lowest BCUT2D eigenvalue weighted by atomic mass is 10.0. The van der Waals surface area contributed by atoms with Crippen LogP contribution in [0.3, 0.4) is 0 Å². The number of amides is 2. The number of benzene rings is 1. The van der Waals surface area contributed by atoms with E-state index in [0.29, 0.717) is 23.4 Å². The Bertz CT molecular complexity index is 1380. The number of hydrogen-bond donors (Lipinski definition) is 1. The predicted octanol–water partition coefficient (Wildman–Crippen LogP) is 1.72. The van der Waals surface area contributed by atoms with Crippen LogP contribution in [0.15, 0.2) is 40.1 Å². The van der Waals surface area contributed by atoms with E-state index >= 15 is 0 Å². The SMILES string of the molecule is CCCc1cnc2c(c1NC(=O)C1CC(=O)N(c3ccc(F)cc3)C1)c(=O)n(C)c(=O)n2C. The number of halogens is 1. The Hall–Kier alpha value is -3.82. The number of hydrogen-bond acceptors (Lipinski definition) is 5. The second-order valence-electron chi connectivity index (χ2n) is 8.18. The topological polar surface area (TPSA) is 106 Å². The van der Waals surface area contributed by atoms with E-state index in [1.165, 1.54) is 47.8 Å². The first-order chi connectivity index (χ1) is 15.7. The van der Waals surface area contributed by atoms with Crippen LogP contribution in [0.5, 0.6) is 0 Å².